The second-order valence-corrected chi connectivity index (χ2v) is 5.62. The van der Waals surface area contributed by atoms with Crippen LogP contribution in [0, 0.1) is 10.1 Å². The maximum absolute atomic E-state index is 11.8. The minimum absolute atomic E-state index is 0.139. The zero-order valence-electron chi connectivity index (χ0n) is 12.5. The highest BCUT2D eigenvalue weighted by Crippen LogP contribution is 2.25. The lowest BCUT2D eigenvalue weighted by molar-refractivity contribution is -0.384. The van der Waals surface area contributed by atoms with Crippen LogP contribution in [-0.4, -0.2) is 45.0 Å². The number of nitrogens with zero attached hydrogens (tertiary/aromatic N) is 4. The van der Waals surface area contributed by atoms with Crippen molar-refractivity contribution in [1.82, 2.24) is 14.9 Å². The van der Waals surface area contributed by atoms with Crippen molar-refractivity contribution in [2.45, 2.75) is 38.1 Å². The van der Waals surface area contributed by atoms with Gasteiger partial charge >= 0.3 is 11.8 Å². The first kappa shape index (κ1) is 15.3. The Morgan fingerprint density at radius 3 is 2.70 bits per heavy atom. The summed E-state index contributed by atoms with van der Waals surface area (Å²) in [6.07, 6.45) is 5.57. The Morgan fingerprint density at radius 2 is 2.09 bits per heavy atom. The summed E-state index contributed by atoms with van der Waals surface area (Å²) in [6.45, 7) is 1.25. The van der Waals surface area contributed by atoms with Crippen LogP contribution in [0.4, 0.5) is 22.2 Å². The minimum Gasteiger partial charge on any atom is -0.351 e. The van der Waals surface area contributed by atoms with Crippen molar-refractivity contribution in [3.05, 3.63) is 16.3 Å². The number of nitrogens with one attached hydrogen (secondary N) is 2. The molecule has 2 N–H and O–H groups in total. The van der Waals surface area contributed by atoms with Gasteiger partial charge in [-0.3, -0.25) is 10.1 Å². The van der Waals surface area contributed by atoms with E-state index in [-0.39, 0.29) is 23.5 Å². The van der Waals surface area contributed by atoms with Crippen molar-refractivity contribution in [2.75, 3.05) is 23.9 Å². The number of carbonyl (C=O) groups is 1. The van der Waals surface area contributed by atoms with Crippen LogP contribution >= 0.6 is 0 Å². The Kier molecular flexibility index (Phi) is 4.40. The molecule has 10 nitrogen and oxygen atoms in total. The van der Waals surface area contributed by atoms with E-state index in [0.717, 1.165) is 38.3 Å². The molecule has 0 radical (unpaired) electrons. The lowest BCUT2D eigenvalue weighted by atomic mass is 9.93. The first-order chi connectivity index (χ1) is 11.1. The number of nitro groups is 1. The van der Waals surface area contributed by atoms with Gasteiger partial charge in [0.2, 0.25) is 11.8 Å². The van der Waals surface area contributed by atoms with E-state index < -0.39 is 11.0 Å². The second kappa shape index (κ2) is 6.63. The van der Waals surface area contributed by atoms with Gasteiger partial charge in [0.25, 0.3) is 0 Å². The highest BCUT2D eigenvalue weighted by molar-refractivity contribution is 5.69. The molecule has 1 aromatic rings. The average Bonchev–Trinajstić information content (AvgIpc) is 3.03. The Balaban J connectivity index is 1.67. The van der Waals surface area contributed by atoms with Gasteiger partial charge < -0.3 is 15.1 Å². The molecular weight excluding hydrogens is 304 g/mol. The van der Waals surface area contributed by atoms with Crippen LogP contribution in [0.1, 0.15) is 32.1 Å². The van der Waals surface area contributed by atoms with Gasteiger partial charge in [-0.15, -0.1) is 0 Å². The molecule has 0 spiro atoms. The maximum Gasteiger partial charge on any atom is 0.434 e. The number of amides is 1. The maximum atomic E-state index is 11.8. The van der Waals surface area contributed by atoms with Crippen LogP contribution in [-0.2, 0) is 4.84 Å². The smallest absolute Gasteiger partial charge is 0.351 e. The fraction of sp³-hybridized carbons (Fsp3) is 0.615. The Hall–Kier alpha value is -2.65. The molecule has 3 rings (SSSR count). The lowest BCUT2D eigenvalue weighted by Crippen LogP contribution is -2.30. The number of hydrogen-bond acceptors (Lipinski definition) is 8. The third kappa shape index (κ3) is 3.58. The first-order valence-electron chi connectivity index (χ1n) is 7.63. The summed E-state index contributed by atoms with van der Waals surface area (Å²) in [4.78, 5) is 36.7. The Labute approximate surface area is 132 Å². The van der Waals surface area contributed by atoms with Crippen molar-refractivity contribution in [3.63, 3.8) is 0 Å². The number of carbonyl (C=O) groups excluding carboxylic acids is 1. The number of hydrogen-bond donors (Lipinski definition) is 2. The first-order valence-corrected chi connectivity index (χ1v) is 7.63. The van der Waals surface area contributed by atoms with Gasteiger partial charge in [0.1, 0.15) is 6.20 Å². The van der Waals surface area contributed by atoms with Gasteiger partial charge in [-0.1, -0.05) is 0 Å². The summed E-state index contributed by atoms with van der Waals surface area (Å²) in [5.74, 6) is 0.138. The van der Waals surface area contributed by atoms with E-state index >= 15 is 0 Å². The van der Waals surface area contributed by atoms with Crippen LogP contribution in [0.25, 0.3) is 0 Å². The molecule has 1 aromatic heterocycles. The largest absolute Gasteiger partial charge is 0.434 e. The summed E-state index contributed by atoms with van der Waals surface area (Å²) in [7, 11) is 0. The molecule has 10 heteroatoms. The monoisotopic (exact) mass is 322 g/mol. The SMILES string of the molecule is O=C(ONc1nc(NC2CCC2)ncc1[N+](=O)[O-])N1CCCC1. The standard InChI is InChI=1S/C13H18N6O4/c20-13(18-6-1-2-7-18)23-17-11-10(19(21)22)8-14-12(16-11)15-9-4-3-5-9/h8-9H,1-7H2,(H2,14,15,16,17). The third-order valence-electron chi connectivity index (χ3n) is 4.00. The topological polar surface area (TPSA) is 123 Å². The molecule has 1 amide bonds. The second-order valence-electron chi connectivity index (χ2n) is 5.62. The Morgan fingerprint density at radius 1 is 1.35 bits per heavy atom. The van der Waals surface area contributed by atoms with E-state index in [0.29, 0.717) is 13.1 Å². The molecule has 0 bridgehead atoms. The summed E-state index contributed by atoms with van der Waals surface area (Å²) in [6, 6.07) is 0.288. The fourth-order valence-electron chi connectivity index (χ4n) is 2.45. The van der Waals surface area contributed by atoms with Crippen LogP contribution < -0.4 is 10.8 Å². The normalized spacial score (nSPS) is 17.5. The molecule has 0 aromatic carbocycles. The van der Waals surface area contributed by atoms with Crippen LogP contribution in [0.5, 0.6) is 0 Å². The van der Waals surface area contributed by atoms with Gasteiger partial charge in [-0.05, 0) is 32.1 Å². The average molecular weight is 322 g/mol. The summed E-state index contributed by atoms with van der Waals surface area (Å²) >= 11 is 0. The summed E-state index contributed by atoms with van der Waals surface area (Å²) in [5.41, 5.74) is 1.95. The molecule has 1 aliphatic carbocycles. The number of rotatable bonds is 5. The molecule has 23 heavy (non-hydrogen) atoms. The van der Waals surface area contributed by atoms with Crippen molar-refractivity contribution < 1.29 is 14.6 Å². The number of anilines is 2. The highest BCUT2D eigenvalue weighted by Gasteiger charge is 2.24. The molecular formula is C13H18N6O4. The molecule has 0 unspecified atom stereocenters. The number of aromatic nitrogens is 2. The summed E-state index contributed by atoms with van der Waals surface area (Å²) in [5, 5.41) is 14.1. The van der Waals surface area contributed by atoms with E-state index in [4.69, 9.17) is 4.84 Å². The van der Waals surface area contributed by atoms with Crippen molar-refractivity contribution in [2.24, 2.45) is 0 Å². The van der Waals surface area contributed by atoms with Gasteiger partial charge in [-0.2, -0.15) is 10.5 Å². The lowest BCUT2D eigenvalue weighted by Gasteiger charge is -2.26. The Bertz CT molecular complexity index is 600. The molecule has 2 fully saturated rings. The van der Waals surface area contributed by atoms with Gasteiger partial charge in [0.15, 0.2) is 0 Å². The minimum atomic E-state index is -0.626. The van der Waals surface area contributed by atoms with Crippen molar-refractivity contribution >= 4 is 23.5 Å². The third-order valence-corrected chi connectivity index (χ3v) is 4.00. The van der Waals surface area contributed by atoms with E-state index in [1.807, 2.05) is 0 Å². The molecule has 1 aliphatic heterocycles. The summed E-state index contributed by atoms with van der Waals surface area (Å²) < 4.78 is 0. The molecule has 1 saturated carbocycles. The molecule has 0 atom stereocenters. The van der Waals surface area contributed by atoms with E-state index in [2.05, 4.69) is 20.8 Å². The molecule has 124 valence electrons. The predicted molar refractivity (Wildman–Crippen MR) is 80.9 cm³/mol. The molecule has 2 aliphatic rings. The highest BCUT2D eigenvalue weighted by atomic mass is 16.7. The zero-order valence-corrected chi connectivity index (χ0v) is 12.5. The van der Waals surface area contributed by atoms with E-state index in [9.17, 15) is 14.9 Å². The zero-order chi connectivity index (χ0) is 16.2. The predicted octanol–water partition coefficient (Wildman–Crippen LogP) is 1.91. The van der Waals surface area contributed by atoms with Crippen LogP contribution in [0.2, 0.25) is 0 Å². The van der Waals surface area contributed by atoms with Gasteiger partial charge in [0, 0.05) is 19.1 Å². The molecule has 1 saturated heterocycles. The van der Waals surface area contributed by atoms with E-state index in [1.54, 1.807) is 0 Å². The van der Waals surface area contributed by atoms with Crippen molar-refractivity contribution in [3.8, 4) is 0 Å². The molecule has 2 heterocycles. The van der Waals surface area contributed by atoms with Crippen molar-refractivity contribution in [1.29, 1.82) is 0 Å². The van der Waals surface area contributed by atoms with Gasteiger partial charge in [0.05, 0.1) is 4.92 Å². The number of likely N-dealkylation sites (tertiary alicyclic amines) is 1. The quantitative estimate of drug-likeness (QED) is 0.622. The van der Waals surface area contributed by atoms with Gasteiger partial charge in [-0.25, -0.2) is 9.78 Å². The van der Waals surface area contributed by atoms with E-state index in [1.165, 1.54) is 4.90 Å². The van der Waals surface area contributed by atoms with Crippen LogP contribution in [0.3, 0.4) is 0 Å². The fourth-order valence-corrected chi connectivity index (χ4v) is 2.45. The van der Waals surface area contributed by atoms with Crippen LogP contribution in [0.15, 0.2) is 6.20 Å².